The number of aliphatic hydroxyl groups excluding tert-OH is 1. The van der Waals surface area contributed by atoms with Crippen molar-refractivity contribution in [3.05, 3.63) is 0 Å². The van der Waals surface area contributed by atoms with Gasteiger partial charge in [0.1, 0.15) is 18.1 Å². The van der Waals surface area contributed by atoms with Gasteiger partial charge in [-0.15, -0.1) is 0 Å². The zero-order valence-corrected chi connectivity index (χ0v) is 14.2. The molecule has 0 aliphatic heterocycles. The predicted molar refractivity (Wildman–Crippen MR) is 88.1 cm³/mol. The van der Waals surface area contributed by atoms with E-state index in [0.717, 1.165) is 0 Å². The first-order valence-electron chi connectivity index (χ1n) is 7.90. The zero-order valence-electron chi connectivity index (χ0n) is 14.2. The largest absolute Gasteiger partial charge is 0.480 e. The van der Waals surface area contributed by atoms with Crippen LogP contribution in [0.3, 0.4) is 0 Å². The van der Waals surface area contributed by atoms with E-state index >= 15 is 0 Å². The molecule has 0 heterocycles. The van der Waals surface area contributed by atoms with E-state index in [9.17, 15) is 24.3 Å². The van der Waals surface area contributed by atoms with Crippen molar-refractivity contribution in [1.29, 1.82) is 0 Å². The Hall–Kier alpha value is -2.24. The van der Waals surface area contributed by atoms with E-state index in [4.69, 9.17) is 16.6 Å². The van der Waals surface area contributed by atoms with Gasteiger partial charge in [0.05, 0.1) is 13.2 Å². The first kappa shape index (κ1) is 22.8. The van der Waals surface area contributed by atoms with Gasteiger partial charge in [0.15, 0.2) is 0 Å². The lowest BCUT2D eigenvalue weighted by molar-refractivity contribution is -0.142. The number of nitrogens with two attached hydrogens (primary N) is 2. The molecule has 11 heteroatoms. The second-order valence-corrected chi connectivity index (χ2v) is 5.42. The summed E-state index contributed by atoms with van der Waals surface area (Å²) >= 11 is 0. The molecule has 0 aromatic carbocycles. The van der Waals surface area contributed by atoms with Crippen LogP contribution in [0, 0.1) is 0 Å². The van der Waals surface area contributed by atoms with Crippen molar-refractivity contribution in [3.8, 4) is 0 Å². The van der Waals surface area contributed by atoms with E-state index in [-0.39, 0.29) is 13.0 Å². The lowest BCUT2D eigenvalue weighted by Gasteiger charge is -2.21. The number of aliphatic hydroxyl groups is 1. The SMILES string of the molecule is CC(NC(=O)CN)C(=O)NC(CO)C(=O)NC(CCCCN)C(=O)O. The standard InChI is InChI=1S/C14H27N5O6/c1-8(17-11(21)6-16)12(22)19-10(7-20)13(23)18-9(14(24)25)4-2-3-5-15/h8-10,20H,2-7,15-16H2,1H3,(H,17,21)(H,18,23)(H,19,22)(H,24,25). The number of carboxylic acid groups (broad SMARTS) is 1. The number of hydrogen-bond donors (Lipinski definition) is 7. The van der Waals surface area contributed by atoms with E-state index in [1.165, 1.54) is 6.92 Å². The Morgan fingerprint density at radius 3 is 2.04 bits per heavy atom. The Bertz CT molecular complexity index is 473. The van der Waals surface area contributed by atoms with Gasteiger partial charge in [-0.3, -0.25) is 14.4 Å². The molecule has 0 aliphatic carbocycles. The monoisotopic (exact) mass is 361 g/mol. The molecule has 3 atom stereocenters. The lowest BCUT2D eigenvalue weighted by Crippen LogP contribution is -2.56. The minimum absolute atomic E-state index is 0.174. The van der Waals surface area contributed by atoms with E-state index in [0.29, 0.717) is 19.4 Å². The molecular weight excluding hydrogens is 334 g/mol. The van der Waals surface area contributed by atoms with Crippen molar-refractivity contribution >= 4 is 23.7 Å². The summed E-state index contributed by atoms with van der Waals surface area (Å²) in [5.74, 6) is -3.34. The highest BCUT2D eigenvalue weighted by Gasteiger charge is 2.27. The summed E-state index contributed by atoms with van der Waals surface area (Å²) in [4.78, 5) is 46.3. The fraction of sp³-hybridized carbons (Fsp3) is 0.714. The van der Waals surface area contributed by atoms with Crippen LogP contribution in [0.4, 0.5) is 0 Å². The first-order chi connectivity index (χ1) is 11.8. The van der Waals surface area contributed by atoms with Gasteiger partial charge in [-0.2, -0.15) is 0 Å². The Kier molecular flexibility index (Phi) is 11.1. The van der Waals surface area contributed by atoms with Gasteiger partial charge in [0.2, 0.25) is 17.7 Å². The number of carboxylic acids is 1. The molecule has 11 nitrogen and oxygen atoms in total. The molecule has 0 aliphatic rings. The van der Waals surface area contributed by atoms with Crippen LogP contribution in [-0.4, -0.2) is 71.7 Å². The Morgan fingerprint density at radius 2 is 1.56 bits per heavy atom. The van der Waals surface area contributed by atoms with Gasteiger partial charge in [0.25, 0.3) is 0 Å². The van der Waals surface area contributed by atoms with Gasteiger partial charge < -0.3 is 37.6 Å². The topological polar surface area (TPSA) is 197 Å². The molecule has 0 rings (SSSR count). The third-order valence-electron chi connectivity index (χ3n) is 3.33. The summed E-state index contributed by atoms with van der Waals surface area (Å²) in [6.07, 6.45) is 1.29. The van der Waals surface area contributed by atoms with Crippen LogP contribution < -0.4 is 27.4 Å². The quantitative estimate of drug-likeness (QED) is 0.175. The maximum atomic E-state index is 12.1. The van der Waals surface area contributed by atoms with Gasteiger partial charge in [0, 0.05) is 0 Å². The van der Waals surface area contributed by atoms with Crippen molar-refractivity contribution in [1.82, 2.24) is 16.0 Å². The van der Waals surface area contributed by atoms with Crippen LogP contribution in [0.15, 0.2) is 0 Å². The molecule has 0 fully saturated rings. The average Bonchev–Trinajstić information content (AvgIpc) is 2.57. The van der Waals surface area contributed by atoms with Crippen molar-refractivity contribution in [3.63, 3.8) is 0 Å². The lowest BCUT2D eigenvalue weighted by atomic mass is 10.1. The van der Waals surface area contributed by atoms with Gasteiger partial charge in [-0.25, -0.2) is 4.79 Å². The molecule has 144 valence electrons. The molecule has 25 heavy (non-hydrogen) atoms. The molecule has 0 aromatic rings. The number of unbranched alkanes of at least 4 members (excludes halogenated alkanes) is 1. The maximum Gasteiger partial charge on any atom is 0.326 e. The third-order valence-corrected chi connectivity index (χ3v) is 3.33. The first-order valence-corrected chi connectivity index (χ1v) is 7.90. The fourth-order valence-corrected chi connectivity index (χ4v) is 1.88. The summed E-state index contributed by atoms with van der Waals surface area (Å²) in [6.45, 7) is 0.749. The number of aliphatic carboxylic acids is 1. The van der Waals surface area contributed by atoms with Crippen LogP contribution in [0.25, 0.3) is 0 Å². The molecule has 0 aromatic heterocycles. The predicted octanol–water partition coefficient (Wildman–Crippen LogP) is -3.37. The highest BCUT2D eigenvalue weighted by atomic mass is 16.4. The van der Waals surface area contributed by atoms with E-state index in [1.807, 2.05) is 0 Å². The molecular formula is C14H27N5O6. The molecule has 0 bridgehead atoms. The fourth-order valence-electron chi connectivity index (χ4n) is 1.88. The van der Waals surface area contributed by atoms with Crippen molar-refractivity contribution in [2.24, 2.45) is 11.5 Å². The smallest absolute Gasteiger partial charge is 0.326 e. The molecule has 0 spiro atoms. The van der Waals surface area contributed by atoms with E-state index < -0.39 is 48.4 Å². The molecule has 9 N–H and O–H groups in total. The van der Waals surface area contributed by atoms with Crippen molar-refractivity contribution in [2.45, 2.75) is 44.3 Å². The Labute approximate surface area is 145 Å². The van der Waals surface area contributed by atoms with E-state index in [1.54, 1.807) is 0 Å². The minimum atomic E-state index is -1.35. The Morgan fingerprint density at radius 1 is 0.960 bits per heavy atom. The summed E-state index contributed by atoms with van der Waals surface area (Å²) in [5, 5.41) is 25.2. The molecule has 0 radical (unpaired) electrons. The molecule has 0 saturated heterocycles. The van der Waals surface area contributed by atoms with Crippen LogP contribution in [0.2, 0.25) is 0 Å². The number of carbonyl (C=O) groups is 4. The van der Waals surface area contributed by atoms with Crippen LogP contribution in [-0.2, 0) is 19.2 Å². The van der Waals surface area contributed by atoms with Crippen LogP contribution >= 0.6 is 0 Å². The maximum absolute atomic E-state index is 12.1. The number of hydrogen-bond acceptors (Lipinski definition) is 7. The number of nitrogens with one attached hydrogen (secondary N) is 3. The summed E-state index contributed by atoms with van der Waals surface area (Å²) in [5.41, 5.74) is 10.5. The number of rotatable bonds is 12. The average molecular weight is 361 g/mol. The van der Waals surface area contributed by atoms with Gasteiger partial charge in [-0.05, 0) is 32.7 Å². The minimum Gasteiger partial charge on any atom is -0.480 e. The highest BCUT2D eigenvalue weighted by Crippen LogP contribution is 2.01. The van der Waals surface area contributed by atoms with Crippen molar-refractivity contribution in [2.75, 3.05) is 19.7 Å². The van der Waals surface area contributed by atoms with Crippen molar-refractivity contribution < 1.29 is 29.4 Å². The highest BCUT2D eigenvalue weighted by molar-refractivity contribution is 5.93. The van der Waals surface area contributed by atoms with Crippen LogP contribution in [0.5, 0.6) is 0 Å². The summed E-state index contributed by atoms with van der Waals surface area (Å²) < 4.78 is 0. The number of amides is 3. The molecule has 3 amide bonds. The zero-order chi connectivity index (χ0) is 19.4. The third kappa shape index (κ3) is 8.98. The number of carbonyl (C=O) groups excluding carboxylic acids is 3. The molecule has 3 unspecified atom stereocenters. The van der Waals surface area contributed by atoms with Gasteiger partial charge in [-0.1, -0.05) is 0 Å². The second-order valence-electron chi connectivity index (χ2n) is 5.42. The Balaban J connectivity index is 4.69. The van der Waals surface area contributed by atoms with E-state index in [2.05, 4.69) is 16.0 Å². The summed E-state index contributed by atoms with van der Waals surface area (Å²) in [6, 6.07) is -3.47. The normalized spacial score (nSPS) is 14.1. The summed E-state index contributed by atoms with van der Waals surface area (Å²) in [7, 11) is 0. The van der Waals surface area contributed by atoms with Crippen LogP contribution in [0.1, 0.15) is 26.2 Å². The second kappa shape index (κ2) is 12.2. The van der Waals surface area contributed by atoms with Gasteiger partial charge >= 0.3 is 5.97 Å². The molecule has 0 saturated carbocycles.